The van der Waals surface area contributed by atoms with E-state index in [4.69, 9.17) is 19.2 Å². The van der Waals surface area contributed by atoms with Gasteiger partial charge < -0.3 is 14.4 Å². The first-order chi connectivity index (χ1) is 14.2. The normalized spacial score (nSPS) is 20.8. The number of ether oxygens (including phenoxy) is 2. The molecule has 2 aromatic carbocycles. The highest BCUT2D eigenvalue weighted by Crippen LogP contribution is 2.35. The van der Waals surface area contributed by atoms with Crippen LogP contribution in [-0.2, 0) is 9.78 Å². The number of hydrogen-bond acceptors (Lipinski definition) is 5. The average Bonchev–Trinajstić information content (AvgIpc) is 2.76. The summed E-state index contributed by atoms with van der Waals surface area (Å²) in [7, 11) is 0. The molecular formula is C24H29NO4. The lowest BCUT2D eigenvalue weighted by Crippen LogP contribution is -2.44. The monoisotopic (exact) mass is 395 g/mol. The molecule has 29 heavy (non-hydrogen) atoms. The lowest BCUT2D eigenvalue weighted by atomic mass is 9.87. The number of benzene rings is 2. The zero-order valence-corrected chi connectivity index (χ0v) is 17.0. The molecule has 0 N–H and O–H groups in total. The van der Waals surface area contributed by atoms with E-state index in [1.807, 2.05) is 24.3 Å². The van der Waals surface area contributed by atoms with Crippen molar-refractivity contribution in [2.75, 3.05) is 26.2 Å². The Morgan fingerprint density at radius 3 is 2.55 bits per heavy atom. The Bertz CT molecular complexity index is 799. The second kappa shape index (κ2) is 9.33. The van der Waals surface area contributed by atoms with Gasteiger partial charge in [-0.15, -0.1) is 0 Å². The van der Waals surface area contributed by atoms with Crippen molar-refractivity contribution in [3.63, 3.8) is 0 Å². The second-order valence-electron chi connectivity index (χ2n) is 7.83. The first kappa shape index (κ1) is 19.8. The zero-order chi connectivity index (χ0) is 20.1. The summed E-state index contributed by atoms with van der Waals surface area (Å²) in [6.45, 7) is 9.17. The molecule has 5 heteroatoms. The molecule has 1 saturated heterocycles. The number of likely N-dealkylation sites (tertiary alicyclic amines) is 1. The minimum atomic E-state index is -0.0862. The van der Waals surface area contributed by atoms with E-state index in [2.05, 4.69) is 42.7 Å². The summed E-state index contributed by atoms with van der Waals surface area (Å²) < 4.78 is 12.0. The largest absolute Gasteiger partial charge is 0.486 e. The first-order valence-electron chi connectivity index (χ1n) is 10.3. The van der Waals surface area contributed by atoms with Crippen LogP contribution in [0.4, 0.5) is 0 Å². The van der Waals surface area contributed by atoms with Crippen molar-refractivity contribution in [1.82, 2.24) is 4.90 Å². The minimum absolute atomic E-state index is 0.0645. The van der Waals surface area contributed by atoms with Gasteiger partial charge in [0, 0.05) is 6.54 Å². The quantitative estimate of drug-likeness (QED) is 0.387. The van der Waals surface area contributed by atoms with E-state index in [-0.39, 0.29) is 12.2 Å². The van der Waals surface area contributed by atoms with Crippen LogP contribution in [0.15, 0.2) is 61.4 Å². The molecule has 1 fully saturated rings. The summed E-state index contributed by atoms with van der Waals surface area (Å²) >= 11 is 0. The van der Waals surface area contributed by atoms with Gasteiger partial charge in [-0.1, -0.05) is 48.5 Å². The van der Waals surface area contributed by atoms with E-state index >= 15 is 0 Å². The highest BCUT2D eigenvalue weighted by molar-refractivity contribution is 5.40. The molecule has 0 spiro atoms. The molecule has 2 aliphatic rings. The van der Waals surface area contributed by atoms with Crippen LogP contribution in [0, 0.1) is 12.8 Å². The lowest BCUT2D eigenvalue weighted by molar-refractivity contribution is -0.300. The van der Waals surface area contributed by atoms with E-state index in [1.54, 1.807) is 0 Å². The number of aryl methyl sites for hydroxylation is 1. The lowest BCUT2D eigenvalue weighted by Gasteiger charge is -2.37. The van der Waals surface area contributed by atoms with Crippen molar-refractivity contribution >= 4 is 0 Å². The van der Waals surface area contributed by atoms with Crippen molar-refractivity contribution in [1.29, 1.82) is 0 Å². The van der Waals surface area contributed by atoms with Gasteiger partial charge in [-0.25, -0.2) is 0 Å². The Hall–Kier alpha value is -2.50. The summed E-state index contributed by atoms with van der Waals surface area (Å²) in [5, 5.41) is 0. The standard InChI is InChI=1S/C24H29NO4/c1-3-27-29-24(19-10-8-18(2)9-11-19)20-12-14-25(15-13-20)16-21-17-26-22-6-4-5-7-23(22)28-21/h3-11,20-21,24H,1,12-17H2,2H3. The molecular weight excluding hydrogens is 366 g/mol. The Morgan fingerprint density at radius 1 is 1.10 bits per heavy atom. The molecule has 2 heterocycles. The smallest absolute Gasteiger partial charge is 0.161 e. The molecule has 2 aromatic rings. The molecule has 4 rings (SSSR count). The zero-order valence-electron chi connectivity index (χ0n) is 17.0. The number of para-hydroxylation sites is 2. The summed E-state index contributed by atoms with van der Waals surface area (Å²) in [6.07, 6.45) is 3.41. The van der Waals surface area contributed by atoms with Gasteiger partial charge in [-0.05, 0) is 56.5 Å². The summed E-state index contributed by atoms with van der Waals surface area (Å²) in [6, 6.07) is 16.4. The molecule has 0 bridgehead atoms. The number of piperidine rings is 1. The van der Waals surface area contributed by atoms with E-state index in [1.165, 1.54) is 11.8 Å². The van der Waals surface area contributed by atoms with Crippen molar-refractivity contribution < 1.29 is 19.2 Å². The van der Waals surface area contributed by atoms with Crippen LogP contribution in [0.1, 0.15) is 30.1 Å². The van der Waals surface area contributed by atoms with E-state index in [0.717, 1.165) is 49.5 Å². The highest BCUT2D eigenvalue weighted by atomic mass is 17.2. The third-order valence-corrected chi connectivity index (χ3v) is 5.72. The number of rotatable bonds is 7. The molecule has 5 nitrogen and oxygen atoms in total. The van der Waals surface area contributed by atoms with Gasteiger partial charge >= 0.3 is 0 Å². The van der Waals surface area contributed by atoms with Crippen LogP contribution < -0.4 is 9.47 Å². The van der Waals surface area contributed by atoms with Crippen LogP contribution in [0.3, 0.4) is 0 Å². The fourth-order valence-electron chi connectivity index (χ4n) is 4.14. The Balaban J connectivity index is 1.33. The van der Waals surface area contributed by atoms with Gasteiger partial charge in [-0.2, -0.15) is 4.89 Å². The van der Waals surface area contributed by atoms with Gasteiger partial charge in [0.05, 0.1) is 0 Å². The van der Waals surface area contributed by atoms with E-state index in [0.29, 0.717) is 12.5 Å². The first-order valence-corrected chi connectivity index (χ1v) is 10.3. The molecule has 2 aliphatic heterocycles. The predicted octanol–water partition coefficient (Wildman–Crippen LogP) is 4.68. The number of hydrogen-bond donors (Lipinski definition) is 0. The van der Waals surface area contributed by atoms with Crippen molar-refractivity contribution in [2.24, 2.45) is 5.92 Å². The third kappa shape index (κ3) is 4.92. The molecule has 0 aromatic heterocycles. The molecule has 0 aliphatic carbocycles. The summed E-state index contributed by atoms with van der Waals surface area (Å²) in [5.74, 6) is 2.08. The van der Waals surface area contributed by atoms with Gasteiger partial charge in [0.25, 0.3) is 0 Å². The third-order valence-electron chi connectivity index (χ3n) is 5.72. The fourth-order valence-corrected chi connectivity index (χ4v) is 4.14. The second-order valence-corrected chi connectivity index (χ2v) is 7.83. The summed E-state index contributed by atoms with van der Waals surface area (Å²) in [4.78, 5) is 13.3. The van der Waals surface area contributed by atoms with Gasteiger partial charge in [-0.3, -0.25) is 4.90 Å². The van der Waals surface area contributed by atoms with Crippen molar-refractivity contribution in [3.05, 3.63) is 72.5 Å². The summed E-state index contributed by atoms with van der Waals surface area (Å²) in [5.41, 5.74) is 2.39. The molecule has 154 valence electrons. The highest BCUT2D eigenvalue weighted by Gasteiger charge is 2.31. The maximum Gasteiger partial charge on any atom is 0.161 e. The fraction of sp³-hybridized carbons (Fsp3) is 0.417. The minimum Gasteiger partial charge on any atom is -0.486 e. The number of nitrogens with zero attached hydrogens (tertiary/aromatic N) is 1. The van der Waals surface area contributed by atoms with Gasteiger partial charge in [0.2, 0.25) is 0 Å². The van der Waals surface area contributed by atoms with Crippen LogP contribution in [0.25, 0.3) is 0 Å². The molecule has 2 atom stereocenters. The Morgan fingerprint density at radius 2 is 1.83 bits per heavy atom. The molecule has 0 amide bonds. The van der Waals surface area contributed by atoms with Crippen LogP contribution in [0.5, 0.6) is 11.5 Å². The maximum atomic E-state index is 6.12. The molecule has 0 radical (unpaired) electrons. The maximum absolute atomic E-state index is 6.12. The molecule has 2 unspecified atom stereocenters. The predicted molar refractivity (Wildman–Crippen MR) is 112 cm³/mol. The van der Waals surface area contributed by atoms with Crippen molar-refractivity contribution in [2.45, 2.75) is 32.0 Å². The topological polar surface area (TPSA) is 40.2 Å². The van der Waals surface area contributed by atoms with Crippen molar-refractivity contribution in [3.8, 4) is 11.5 Å². The molecule has 0 saturated carbocycles. The Kier molecular flexibility index (Phi) is 6.37. The average molecular weight is 395 g/mol. The van der Waals surface area contributed by atoms with Gasteiger partial charge in [0.15, 0.2) is 11.5 Å². The van der Waals surface area contributed by atoms with Crippen LogP contribution in [-0.4, -0.2) is 37.2 Å². The van der Waals surface area contributed by atoms with Gasteiger partial charge in [0.1, 0.15) is 25.1 Å². The number of fused-ring (bicyclic) bond motifs is 1. The Labute approximate surface area is 172 Å². The van der Waals surface area contributed by atoms with E-state index in [9.17, 15) is 0 Å². The van der Waals surface area contributed by atoms with E-state index < -0.39 is 0 Å². The van der Waals surface area contributed by atoms with Crippen LogP contribution in [0.2, 0.25) is 0 Å². The van der Waals surface area contributed by atoms with Crippen LogP contribution >= 0.6 is 0 Å². The SMILES string of the molecule is C=COOC(c1ccc(C)cc1)C1CCN(CC2COc3ccccc3O2)CC1.